The number of carbonyl (C=O) groups is 1. The zero-order valence-corrected chi connectivity index (χ0v) is 22.0. The van der Waals surface area contributed by atoms with Crippen molar-refractivity contribution in [3.8, 4) is 5.75 Å². The van der Waals surface area contributed by atoms with Gasteiger partial charge < -0.3 is 4.74 Å². The molecule has 0 aromatic heterocycles. The summed E-state index contributed by atoms with van der Waals surface area (Å²) in [5.41, 5.74) is 4.55. The molecule has 0 radical (unpaired) electrons. The van der Waals surface area contributed by atoms with Gasteiger partial charge in [0.15, 0.2) is 0 Å². The fraction of sp³-hybridized carbons (Fsp3) is 0.300. The van der Waals surface area contributed by atoms with Crippen LogP contribution in [0.1, 0.15) is 24.5 Å². The van der Waals surface area contributed by atoms with Crippen LogP contribution in [-0.4, -0.2) is 27.7 Å². The Bertz CT molecular complexity index is 878. The molecular formula is C20H19Br3N2O2S2. The Hall–Kier alpha value is -0.480. The number of nitrogens with one attached hydrogen (secondary N) is 1. The van der Waals surface area contributed by atoms with E-state index in [1.165, 1.54) is 0 Å². The molecule has 3 rings (SSSR count). The lowest BCUT2D eigenvalue weighted by Gasteiger charge is -2.19. The Morgan fingerprint density at radius 2 is 1.79 bits per heavy atom. The SMILES string of the molecule is CC1(CC(=O)N/N=C\c2cc(Br)c(OCc3ccc(Br)cc3)c(Br)c2)SCCS1. The van der Waals surface area contributed by atoms with Gasteiger partial charge in [-0.3, -0.25) is 4.79 Å². The lowest BCUT2D eigenvalue weighted by atomic mass is 10.2. The quantitative estimate of drug-likeness (QED) is 0.280. The third-order valence-electron chi connectivity index (χ3n) is 4.10. The van der Waals surface area contributed by atoms with E-state index in [1.807, 2.05) is 59.9 Å². The molecule has 1 heterocycles. The van der Waals surface area contributed by atoms with Crippen molar-refractivity contribution < 1.29 is 9.53 Å². The molecule has 1 amide bonds. The minimum atomic E-state index is -0.0711. The number of hydrogen-bond donors (Lipinski definition) is 1. The van der Waals surface area contributed by atoms with Gasteiger partial charge in [-0.2, -0.15) is 5.10 Å². The number of nitrogens with zero attached hydrogens (tertiary/aromatic N) is 1. The second-order valence-corrected chi connectivity index (χ2v) is 12.6. The van der Waals surface area contributed by atoms with Crippen LogP contribution in [0, 0.1) is 0 Å². The van der Waals surface area contributed by atoms with Crippen LogP contribution in [-0.2, 0) is 11.4 Å². The van der Waals surface area contributed by atoms with Crippen LogP contribution in [0.4, 0.5) is 0 Å². The Morgan fingerprint density at radius 1 is 1.17 bits per heavy atom. The fourth-order valence-corrected chi connectivity index (χ4v) is 7.24. The maximum Gasteiger partial charge on any atom is 0.242 e. The highest BCUT2D eigenvalue weighted by atomic mass is 79.9. The number of benzene rings is 2. The van der Waals surface area contributed by atoms with Crippen molar-refractivity contribution >= 4 is 83.4 Å². The van der Waals surface area contributed by atoms with Crippen molar-refractivity contribution in [3.05, 3.63) is 60.9 Å². The van der Waals surface area contributed by atoms with Crippen LogP contribution in [0.2, 0.25) is 0 Å². The van der Waals surface area contributed by atoms with E-state index in [9.17, 15) is 4.79 Å². The van der Waals surface area contributed by atoms with Crippen LogP contribution in [0.25, 0.3) is 0 Å². The van der Waals surface area contributed by atoms with Crippen molar-refractivity contribution in [3.63, 3.8) is 0 Å². The van der Waals surface area contributed by atoms with Gasteiger partial charge in [0, 0.05) is 16.0 Å². The van der Waals surface area contributed by atoms with E-state index >= 15 is 0 Å². The average Bonchev–Trinajstić information content (AvgIpc) is 3.08. The largest absolute Gasteiger partial charge is 0.487 e. The van der Waals surface area contributed by atoms with E-state index in [2.05, 4.69) is 65.2 Å². The number of ether oxygens (including phenoxy) is 1. The molecule has 0 spiro atoms. The summed E-state index contributed by atoms with van der Waals surface area (Å²) in [6, 6.07) is 11.8. The van der Waals surface area contributed by atoms with Crippen LogP contribution in [0.5, 0.6) is 5.75 Å². The standard InChI is InChI=1S/C20H19Br3N2O2S2/c1-20(28-6-7-29-20)10-18(26)25-24-11-14-8-16(22)19(17(23)9-14)27-12-13-2-4-15(21)5-3-13/h2-5,8-9,11H,6-7,10,12H2,1H3,(H,25,26)/b24-11-. The third kappa shape index (κ3) is 7.02. The predicted octanol–water partition coefficient (Wildman–Crippen LogP) is 6.59. The zero-order valence-electron chi connectivity index (χ0n) is 15.6. The zero-order chi connectivity index (χ0) is 20.9. The van der Waals surface area contributed by atoms with E-state index in [4.69, 9.17) is 4.74 Å². The predicted molar refractivity (Wildman–Crippen MR) is 134 cm³/mol. The first-order valence-electron chi connectivity index (χ1n) is 8.81. The van der Waals surface area contributed by atoms with Crippen molar-refractivity contribution in [1.29, 1.82) is 0 Å². The molecule has 0 atom stereocenters. The number of hydrogen-bond acceptors (Lipinski definition) is 5. The minimum absolute atomic E-state index is 0.0422. The van der Waals surface area contributed by atoms with Crippen molar-refractivity contribution in [2.75, 3.05) is 11.5 Å². The first kappa shape index (κ1) is 23.2. The Kier molecular flexibility index (Phi) is 8.56. The molecule has 1 saturated heterocycles. The Morgan fingerprint density at radius 3 is 2.41 bits per heavy atom. The number of carbonyl (C=O) groups excluding carboxylic acids is 1. The molecule has 1 N–H and O–H groups in total. The summed E-state index contributed by atoms with van der Waals surface area (Å²) in [5.74, 6) is 2.84. The molecule has 2 aromatic carbocycles. The Labute approximate surface area is 204 Å². The van der Waals surface area contributed by atoms with Gasteiger partial charge in [0.1, 0.15) is 12.4 Å². The summed E-state index contributed by atoms with van der Waals surface area (Å²) < 4.78 is 8.56. The summed E-state index contributed by atoms with van der Waals surface area (Å²) >= 11 is 14.2. The first-order valence-corrected chi connectivity index (χ1v) is 13.2. The summed E-state index contributed by atoms with van der Waals surface area (Å²) in [5, 5.41) is 4.10. The van der Waals surface area contributed by atoms with E-state index in [0.29, 0.717) is 13.0 Å². The molecular weight excluding hydrogens is 604 g/mol. The summed E-state index contributed by atoms with van der Waals surface area (Å²) in [6.07, 6.45) is 2.08. The van der Waals surface area contributed by atoms with Gasteiger partial charge >= 0.3 is 0 Å². The molecule has 154 valence electrons. The Balaban J connectivity index is 1.57. The number of halogens is 3. The van der Waals surface area contributed by atoms with Gasteiger partial charge in [-0.25, -0.2) is 5.43 Å². The van der Waals surface area contributed by atoms with E-state index in [1.54, 1.807) is 6.21 Å². The summed E-state index contributed by atoms with van der Waals surface area (Å²) in [6.45, 7) is 2.57. The molecule has 0 unspecified atom stereocenters. The topological polar surface area (TPSA) is 50.7 Å². The van der Waals surface area contributed by atoms with Crippen LogP contribution >= 0.6 is 71.3 Å². The van der Waals surface area contributed by atoms with Gasteiger partial charge in [-0.1, -0.05) is 28.1 Å². The van der Waals surface area contributed by atoms with Gasteiger partial charge in [-0.15, -0.1) is 23.5 Å². The molecule has 0 bridgehead atoms. The minimum Gasteiger partial charge on any atom is -0.487 e. The van der Waals surface area contributed by atoms with Crippen LogP contribution < -0.4 is 10.2 Å². The van der Waals surface area contributed by atoms with Crippen molar-refractivity contribution in [2.45, 2.75) is 24.0 Å². The molecule has 1 aliphatic heterocycles. The average molecular weight is 623 g/mol. The van der Waals surface area contributed by atoms with Crippen LogP contribution in [0.3, 0.4) is 0 Å². The summed E-state index contributed by atoms with van der Waals surface area (Å²) in [7, 11) is 0. The number of rotatable bonds is 7. The first-order chi connectivity index (χ1) is 13.8. The molecule has 1 aliphatic rings. The smallest absolute Gasteiger partial charge is 0.242 e. The molecule has 2 aromatic rings. The molecule has 0 aliphatic carbocycles. The highest BCUT2D eigenvalue weighted by Gasteiger charge is 2.32. The monoisotopic (exact) mass is 620 g/mol. The van der Waals surface area contributed by atoms with E-state index in [0.717, 1.165) is 41.8 Å². The van der Waals surface area contributed by atoms with E-state index in [-0.39, 0.29) is 9.99 Å². The van der Waals surface area contributed by atoms with Gasteiger partial charge in [0.25, 0.3) is 0 Å². The lowest BCUT2D eigenvalue weighted by molar-refractivity contribution is -0.121. The maximum atomic E-state index is 12.1. The highest BCUT2D eigenvalue weighted by molar-refractivity contribution is 9.11. The van der Waals surface area contributed by atoms with Crippen molar-refractivity contribution in [2.24, 2.45) is 5.10 Å². The number of hydrazone groups is 1. The van der Waals surface area contributed by atoms with Crippen molar-refractivity contribution in [1.82, 2.24) is 5.43 Å². The van der Waals surface area contributed by atoms with Gasteiger partial charge in [-0.05, 0) is 74.2 Å². The molecule has 0 saturated carbocycles. The summed E-state index contributed by atoms with van der Waals surface area (Å²) in [4.78, 5) is 12.1. The molecule has 1 fully saturated rings. The molecule has 29 heavy (non-hydrogen) atoms. The second kappa shape index (κ2) is 10.7. The molecule has 4 nitrogen and oxygen atoms in total. The lowest BCUT2D eigenvalue weighted by Crippen LogP contribution is -2.26. The highest BCUT2D eigenvalue weighted by Crippen LogP contribution is 2.45. The number of amides is 1. The van der Waals surface area contributed by atoms with Crippen LogP contribution in [0.15, 0.2) is 54.9 Å². The number of thioether (sulfide) groups is 2. The van der Waals surface area contributed by atoms with Gasteiger partial charge in [0.2, 0.25) is 5.91 Å². The maximum absolute atomic E-state index is 12.1. The van der Waals surface area contributed by atoms with E-state index < -0.39 is 0 Å². The normalized spacial score (nSPS) is 15.6. The third-order valence-corrected chi connectivity index (χ3v) is 9.10. The second-order valence-electron chi connectivity index (χ2n) is 6.53. The van der Waals surface area contributed by atoms with Gasteiger partial charge in [0.05, 0.1) is 25.7 Å². The fourth-order valence-electron chi connectivity index (χ4n) is 2.70. The molecule has 9 heteroatoms.